The second kappa shape index (κ2) is 6.82. The van der Waals surface area contributed by atoms with Gasteiger partial charge >= 0.3 is 6.18 Å². The van der Waals surface area contributed by atoms with Crippen LogP contribution in [0.4, 0.5) is 13.2 Å². The number of aryl methyl sites for hydroxylation is 1. The lowest BCUT2D eigenvalue weighted by Gasteiger charge is -2.27. The first kappa shape index (κ1) is 16.3. The summed E-state index contributed by atoms with van der Waals surface area (Å²) in [5.41, 5.74) is 1.34. The van der Waals surface area contributed by atoms with E-state index in [-0.39, 0.29) is 0 Å². The third-order valence-electron chi connectivity index (χ3n) is 4.62. The molecule has 118 valence electrons. The standard InChI is InChI=1S/C17H24F3N/c1-12-10-14(17(18,19)20)8-9-15(12)16-7-5-3-4-6-13(16)11-21-2/h8-10,13,16,21H,3-7,11H2,1-2H3. The molecule has 4 heteroatoms. The van der Waals surface area contributed by atoms with Crippen molar-refractivity contribution in [1.82, 2.24) is 5.32 Å². The molecule has 2 unspecified atom stereocenters. The molecule has 1 fully saturated rings. The summed E-state index contributed by atoms with van der Waals surface area (Å²) >= 11 is 0. The number of hydrogen-bond donors (Lipinski definition) is 1. The Labute approximate surface area is 124 Å². The van der Waals surface area contributed by atoms with Crippen molar-refractivity contribution < 1.29 is 13.2 Å². The fraction of sp³-hybridized carbons (Fsp3) is 0.647. The Kier molecular flexibility index (Phi) is 5.31. The fourth-order valence-corrected chi connectivity index (χ4v) is 3.57. The molecule has 0 spiro atoms. The first-order valence-corrected chi connectivity index (χ1v) is 7.76. The van der Waals surface area contributed by atoms with Gasteiger partial charge in [0.15, 0.2) is 0 Å². The zero-order chi connectivity index (χ0) is 15.5. The minimum atomic E-state index is -4.25. The van der Waals surface area contributed by atoms with Gasteiger partial charge < -0.3 is 5.32 Å². The van der Waals surface area contributed by atoms with Gasteiger partial charge in [-0.1, -0.05) is 25.3 Å². The maximum absolute atomic E-state index is 12.8. The maximum Gasteiger partial charge on any atom is 0.416 e. The van der Waals surface area contributed by atoms with Gasteiger partial charge in [0, 0.05) is 0 Å². The summed E-state index contributed by atoms with van der Waals surface area (Å²) in [6.07, 6.45) is 1.62. The van der Waals surface area contributed by atoms with E-state index < -0.39 is 11.7 Å². The predicted molar refractivity (Wildman–Crippen MR) is 79.4 cm³/mol. The van der Waals surface area contributed by atoms with Crippen molar-refractivity contribution in [3.63, 3.8) is 0 Å². The van der Waals surface area contributed by atoms with Crippen LogP contribution < -0.4 is 5.32 Å². The van der Waals surface area contributed by atoms with Gasteiger partial charge in [0.05, 0.1) is 5.56 Å². The van der Waals surface area contributed by atoms with Gasteiger partial charge in [-0.15, -0.1) is 0 Å². The molecule has 0 aromatic heterocycles. The Morgan fingerprint density at radius 1 is 1.14 bits per heavy atom. The van der Waals surface area contributed by atoms with Crippen molar-refractivity contribution in [2.75, 3.05) is 13.6 Å². The third-order valence-corrected chi connectivity index (χ3v) is 4.62. The SMILES string of the molecule is CNCC1CCCCCC1c1ccc(C(F)(F)F)cc1C. The van der Waals surface area contributed by atoms with E-state index in [1.807, 2.05) is 14.0 Å². The van der Waals surface area contributed by atoms with Gasteiger partial charge in [-0.2, -0.15) is 13.2 Å². The summed E-state index contributed by atoms with van der Waals surface area (Å²) in [7, 11) is 1.95. The lowest BCUT2D eigenvalue weighted by atomic mass is 9.80. The lowest BCUT2D eigenvalue weighted by molar-refractivity contribution is -0.137. The molecule has 2 atom stereocenters. The third kappa shape index (κ3) is 4.00. The summed E-state index contributed by atoms with van der Waals surface area (Å²) in [6.45, 7) is 2.75. The van der Waals surface area contributed by atoms with E-state index in [0.29, 0.717) is 11.8 Å². The van der Waals surface area contributed by atoms with Crippen LogP contribution in [0.2, 0.25) is 0 Å². The molecule has 1 aliphatic rings. The Bertz CT molecular complexity index is 468. The highest BCUT2D eigenvalue weighted by Crippen LogP contribution is 2.39. The van der Waals surface area contributed by atoms with Crippen molar-refractivity contribution in [3.05, 3.63) is 34.9 Å². The normalized spacial score (nSPS) is 23.9. The van der Waals surface area contributed by atoms with Gasteiger partial charge in [0.1, 0.15) is 0 Å². The van der Waals surface area contributed by atoms with Crippen molar-refractivity contribution in [1.29, 1.82) is 0 Å². The first-order valence-electron chi connectivity index (χ1n) is 7.76. The summed E-state index contributed by atoms with van der Waals surface area (Å²) in [6, 6.07) is 4.25. The Balaban J connectivity index is 2.29. The van der Waals surface area contributed by atoms with Gasteiger partial charge in [-0.25, -0.2) is 0 Å². The molecule has 2 rings (SSSR count). The average molecular weight is 299 g/mol. The molecule has 21 heavy (non-hydrogen) atoms. The van der Waals surface area contributed by atoms with Gasteiger partial charge in [-0.05, 0) is 68.5 Å². The highest BCUT2D eigenvalue weighted by molar-refractivity contribution is 5.35. The second-order valence-corrected chi connectivity index (χ2v) is 6.13. The maximum atomic E-state index is 12.8. The van der Waals surface area contributed by atoms with E-state index in [9.17, 15) is 13.2 Å². The summed E-state index contributed by atoms with van der Waals surface area (Å²) in [4.78, 5) is 0. The second-order valence-electron chi connectivity index (χ2n) is 6.13. The average Bonchev–Trinajstić information content (AvgIpc) is 2.64. The van der Waals surface area contributed by atoms with Crippen LogP contribution in [0.3, 0.4) is 0 Å². The number of nitrogens with one attached hydrogen (secondary N) is 1. The van der Waals surface area contributed by atoms with E-state index >= 15 is 0 Å². The van der Waals surface area contributed by atoms with Crippen LogP contribution in [0.1, 0.15) is 54.7 Å². The largest absolute Gasteiger partial charge is 0.416 e. The summed E-state index contributed by atoms with van der Waals surface area (Å²) in [5.74, 6) is 0.898. The molecule has 1 N–H and O–H groups in total. The monoisotopic (exact) mass is 299 g/mol. The van der Waals surface area contributed by atoms with E-state index in [4.69, 9.17) is 0 Å². The number of halogens is 3. The van der Waals surface area contributed by atoms with E-state index in [2.05, 4.69) is 5.32 Å². The van der Waals surface area contributed by atoms with Gasteiger partial charge in [0.25, 0.3) is 0 Å². The van der Waals surface area contributed by atoms with Crippen LogP contribution in [0.25, 0.3) is 0 Å². The van der Waals surface area contributed by atoms with E-state index in [0.717, 1.165) is 30.5 Å². The first-order chi connectivity index (χ1) is 9.93. The fourth-order valence-electron chi connectivity index (χ4n) is 3.57. The molecular formula is C17H24F3N. The quantitative estimate of drug-likeness (QED) is 0.783. The minimum absolute atomic E-state index is 0.377. The molecule has 0 amide bonds. The smallest absolute Gasteiger partial charge is 0.319 e. The number of benzene rings is 1. The predicted octanol–water partition coefficient (Wildman–Crippen LogP) is 4.90. The number of rotatable bonds is 3. The molecular weight excluding hydrogens is 275 g/mol. The Morgan fingerprint density at radius 2 is 1.86 bits per heavy atom. The highest BCUT2D eigenvalue weighted by Gasteiger charge is 2.32. The van der Waals surface area contributed by atoms with Crippen molar-refractivity contribution in [2.24, 2.45) is 5.92 Å². The zero-order valence-electron chi connectivity index (χ0n) is 12.8. The van der Waals surface area contributed by atoms with Crippen LogP contribution in [-0.4, -0.2) is 13.6 Å². The molecule has 1 nitrogen and oxygen atoms in total. The summed E-state index contributed by atoms with van der Waals surface area (Å²) < 4.78 is 38.4. The molecule has 1 aromatic rings. The molecule has 1 aromatic carbocycles. The van der Waals surface area contributed by atoms with E-state index in [1.54, 1.807) is 6.07 Å². The topological polar surface area (TPSA) is 12.0 Å². The van der Waals surface area contributed by atoms with Crippen molar-refractivity contribution in [3.8, 4) is 0 Å². The Morgan fingerprint density at radius 3 is 2.48 bits per heavy atom. The molecule has 0 aliphatic heterocycles. The molecule has 0 heterocycles. The van der Waals surface area contributed by atoms with Crippen LogP contribution in [0.15, 0.2) is 18.2 Å². The van der Waals surface area contributed by atoms with Crippen LogP contribution in [0.5, 0.6) is 0 Å². The van der Waals surface area contributed by atoms with Gasteiger partial charge in [0.2, 0.25) is 0 Å². The van der Waals surface area contributed by atoms with Crippen LogP contribution in [-0.2, 0) is 6.18 Å². The minimum Gasteiger partial charge on any atom is -0.319 e. The van der Waals surface area contributed by atoms with Crippen molar-refractivity contribution >= 4 is 0 Å². The molecule has 1 aliphatic carbocycles. The Hall–Kier alpha value is -1.03. The molecule has 0 radical (unpaired) electrons. The van der Waals surface area contributed by atoms with Gasteiger partial charge in [-0.3, -0.25) is 0 Å². The molecule has 0 saturated heterocycles. The van der Waals surface area contributed by atoms with Crippen LogP contribution in [0, 0.1) is 12.8 Å². The zero-order valence-corrected chi connectivity index (χ0v) is 12.8. The van der Waals surface area contributed by atoms with Crippen LogP contribution >= 0.6 is 0 Å². The highest BCUT2D eigenvalue weighted by atomic mass is 19.4. The lowest BCUT2D eigenvalue weighted by Crippen LogP contribution is -2.24. The molecule has 0 bridgehead atoms. The summed E-state index contributed by atoms with van der Waals surface area (Å²) in [5, 5.41) is 3.24. The van der Waals surface area contributed by atoms with Crippen molar-refractivity contribution in [2.45, 2.75) is 51.1 Å². The molecule has 1 saturated carbocycles. The van der Waals surface area contributed by atoms with E-state index in [1.165, 1.54) is 31.4 Å². The number of hydrogen-bond acceptors (Lipinski definition) is 1. The number of alkyl halides is 3.